The molecule has 0 heterocycles. The normalized spacial score (nSPS) is 11.4. The fourth-order valence-electron chi connectivity index (χ4n) is 2.00. The zero-order chi connectivity index (χ0) is 11.9. The summed E-state index contributed by atoms with van der Waals surface area (Å²) in [6, 6.07) is 1.02. The van der Waals surface area contributed by atoms with Gasteiger partial charge in [0.05, 0.1) is 6.61 Å². The minimum absolute atomic E-state index is 0.576. The summed E-state index contributed by atoms with van der Waals surface area (Å²) in [4.78, 5) is 0. The van der Waals surface area contributed by atoms with E-state index in [0.717, 1.165) is 6.04 Å². The van der Waals surface area contributed by atoms with Gasteiger partial charge >= 0.3 is 0 Å². The van der Waals surface area contributed by atoms with Gasteiger partial charge in [-0.2, -0.15) is 0 Å². The summed E-state index contributed by atoms with van der Waals surface area (Å²) in [5.41, 5.74) is 1.21. The highest BCUT2D eigenvalue weighted by Crippen LogP contribution is 2.36. The molecule has 0 aliphatic carbocycles. The molecule has 0 aromatic rings. The second-order valence-corrected chi connectivity index (χ2v) is 9.39. The zero-order valence-electron chi connectivity index (χ0n) is 10.8. The minimum Gasteiger partial charge on any atom is -0.405 e. The van der Waals surface area contributed by atoms with E-state index < -0.39 is 8.32 Å². The van der Waals surface area contributed by atoms with Crippen molar-refractivity contribution >= 4 is 8.32 Å². The van der Waals surface area contributed by atoms with Crippen LogP contribution in [0.3, 0.4) is 0 Å². The van der Waals surface area contributed by atoms with Gasteiger partial charge in [0.1, 0.15) is 0 Å². The molecule has 0 aromatic heterocycles. The third-order valence-corrected chi connectivity index (χ3v) is 8.53. The quantitative estimate of drug-likeness (QED) is 0.377. The first-order valence-corrected chi connectivity index (χ1v) is 7.92. The first-order chi connectivity index (χ1) is 7.01. The van der Waals surface area contributed by atoms with Crippen molar-refractivity contribution in [3.05, 3.63) is 12.7 Å². The molecule has 0 saturated carbocycles. The minimum atomic E-state index is -1.71. The molecule has 0 fully saturated rings. The Labute approximate surface area is 96.0 Å². The molecule has 0 amide bonds. The van der Waals surface area contributed by atoms with Crippen molar-refractivity contribution in [2.75, 3.05) is 6.61 Å². The van der Waals surface area contributed by atoms with Gasteiger partial charge < -0.3 is 4.43 Å². The maximum atomic E-state index is 6.13. The molecule has 0 aromatic carbocycles. The SMILES string of the molecule is C=CC[Si](OCC#CC)(C(C)C)C(C)C. The fourth-order valence-corrected chi connectivity index (χ4v) is 5.85. The number of hydrogen-bond donors (Lipinski definition) is 0. The molecular weight excluding hydrogens is 200 g/mol. The van der Waals surface area contributed by atoms with Crippen LogP contribution in [0.5, 0.6) is 0 Å². The molecule has 0 bridgehead atoms. The Hall–Kier alpha value is -0.523. The van der Waals surface area contributed by atoms with E-state index in [1.54, 1.807) is 0 Å². The largest absolute Gasteiger partial charge is 0.405 e. The lowest BCUT2D eigenvalue weighted by molar-refractivity contribution is 0.334. The topological polar surface area (TPSA) is 9.23 Å². The van der Waals surface area contributed by atoms with E-state index in [1.165, 1.54) is 0 Å². The smallest absolute Gasteiger partial charge is 0.202 e. The molecule has 0 saturated heterocycles. The van der Waals surface area contributed by atoms with Crippen LogP contribution in [0.25, 0.3) is 0 Å². The summed E-state index contributed by atoms with van der Waals surface area (Å²) in [7, 11) is -1.71. The molecule has 0 N–H and O–H groups in total. The van der Waals surface area contributed by atoms with Crippen LogP contribution in [0.2, 0.25) is 17.1 Å². The van der Waals surface area contributed by atoms with E-state index in [2.05, 4.69) is 46.1 Å². The molecular formula is C13H24OSi. The number of hydrogen-bond acceptors (Lipinski definition) is 1. The predicted molar refractivity (Wildman–Crippen MR) is 70.4 cm³/mol. The summed E-state index contributed by atoms with van der Waals surface area (Å²) in [6.45, 7) is 15.3. The van der Waals surface area contributed by atoms with Crippen molar-refractivity contribution in [2.24, 2.45) is 0 Å². The van der Waals surface area contributed by atoms with E-state index in [0.29, 0.717) is 17.7 Å². The van der Waals surface area contributed by atoms with Gasteiger partial charge in [0.25, 0.3) is 0 Å². The van der Waals surface area contributed by atoms with Gasteiger partial charge in [-0.05, 0) is 24.1 Å². The Kier molecular flexibility index (Phi) is 6.63. The van der Waals surface area contributed by atoms with Crippen molar-refractivity contribution in [2.45, 2.75) is 51.7 Å². The van der Waals surface area contributed by atoms with Gasteiger partial charge in [-0.25, -0.2) is 0 Å². The molecule has 0 unspecified atom stereocenters. The summed E-state index contributed by atoms with van der Waals surface area (Å²) >= 11 is 0. The van der Waals surface area contributed by atoms with Crippen molar-refractivity contribution in [3.63, 3.8) is 0 Å². The van der Waals surface area contributed by atoms with E-state index in [1.807, 2.05) is 13.0 Å². The molecule has 1 nitrogen and oxygen atoms in total. The Morgan fingerprint density at radius 2 is 1.80 bits per heavy atom. The van der Waals surface area contributed by atoms with Gasteiger partial charge in [0.2, 0.25) is 8.32 Å². The maximum Gasteiger partial charge on any atom is 0.202 e. The second kappa shape index (κ2) is 6.87. The highest BCUT2D eigenvalue weighted by Gasteiger charge is 2.40. The van der Waals surface area contributed by atoms with Crippen LogP contribution >= 0.6 is 0 Å². The lowest BCUT2D eigenvalue weighted by Crippen LogP contribution is -2.44. The van der Waals surface area contributed by atoms with Crippen LogP contribution in [0, 0.1) is 11.8 Å². The average molecular weight is 224 g/mol. The van der Waals surface area contributed by atoms with E-state index in [9.17, 15) is 0 Å². The highest BCUT2D eigenvalue weighted by molar-refractivity contribution is 6.76. The molecule has 15 heavy (non-hydrogen) atoms. The first-order valence-electron chi connectivity index (χ1n) is 5.65. The molecule has 2 heteroatoms. The maximum absolute atomic E-state index is 6.13. The summed E-state index contributed by atoms with van der Waals surface area (Å²) in [6.07, 6.45) is 2.01. The molecule has 0 rings (SSSR count). The van der Waals surface area contributed by atoms with Gasteiger partial charge in [-0.15, -0.1) is 12.5 Å². The lowest BCUT2D eigenvalue weighted by atomic mass is 10.5. The third-order valence-electron chi connectivity index (χ3n) is 3.01. The molecule has 0 aliphatic rings. The summed E-state index contributed by atoms with van der Waals surface area (Å²) < 4.78 is 6.13. The van der Waals surface area contributed by atoms with Crippen molar-refractivity contribution in [1.82, 2.24) is 0 Å². The molecule has 0 aliphatic heterocycles. The zero-order valence-corrected chi connectivity index (χ0v) is 11.8. The van der Waals surface area contributed by atoms with Crippen LogP contribution in [-0.2, 0) is 4.43 Å². The Balaban J connectivity index is 4.74. The van der Waals surface area contributed by atoms with Crippen LogP contribution in [0.15, 0.2) is 12.7 Å². The van der Waals surface area contributed by atoms with Crippen molar-refractivity contribution < 1.29 is 4.43 Å². The van der Waals surface area contributed by atoms with Crippen molar-refractivity contribution in [3.8, 4) is 11.8 Å². The van der Waals surface area contributed by atoms with E-state index >= 15 is 0 Å². The summed E-state index contributed by atoms with van der Waals surface area (Å²) in [5.74, 6) is 5.88. The van der Waals surface area contributed by atoms with Crippen LogP contribution in [0.4, 0.5) is 0 Å². The van der Waals surface area contributed by atoms with Crippen LogP contribution in [0.1, 0.15) is 34.6 Å². The number of allylic oxidation sites excluding steroid dienone is 1. The summed E-state index contributed by atoms with van der Waals surface area (Å²) in [5, 5.41) is 0. The second-order valence-electron chi connectivity index (χ2n) is 4.47. The highest BCUT2D eigenvalue weighted by atomic mass is 28.4. The number of rotatable bonds is 6. The molecule has 0 radical (unpaired) electrons. The molecule has 0 spiro atoms. The van der Waals surface area contributed by atoms with Gasteiger partial charge in [0, 0.05) is 0 Å². The van der Waals surface area contributed by atoms with Gasteiger partial charge in [-0.3, -0.25) is 0 Å². The fraction of sp³-hybridized carbons (Fsp3) is 0.692. The average Bonchev–Trinajstić information content (AvgIpc) is 2.15. The Morgan fingerprint density at radius 1 is 1.27 bits per heavy atom. The van der Waals surface area contributed by atoms with Gasteiger partial charge in [-0.1, -0.05) is 39.7 Å². The van der Waals surface area contributed by atoms with E-state index in [-0.39, 0.29) is 0 Å². The van der Waals surface area contributed by atoms with Crippen LogP contribution < -0.4 is 0 Å². The van der Waals surface area contributed by atoms with Crippen LogP contribution in [-0.4, -0.2) is 14.9 Å². The third kappa shape index (κ3) is 3.85. The Bertz CT molecular complexity index is 237. The lowest BCUT2D eigenvalue weighted by Gasteiger charge is -2.37. The van der Waals surface area contributed by atoms with E-state index in [4.69, 9.17) is 4.43 Å². The Morgan fingerprint density at radius 3 is 2.13 bits per heavy atom. The molecule has 86 valence electrons. The standard InChI is InChI=1S/C13H24OSi/c1-7-9-10-14-15(11-8-2,12(3)4)13(5)6/h8,12-13H,2,10-11H2,1,3-6H3. The van der Waals surface area contributed by atoms with Crippen molar-refractivity contribution in [1.29, 1.82) is 0 Å². The first kappa shape index (κ1) is 14.5. The monoisotopic (exact) mass is 224 g/mol. The molecule has 0 atom stereocenters. The predicted octanol–water partition coefficient (Wildman–Crippen LogP) is 3.98. The van der Waals surface area contributed by atoms with Gasteiger partial charge in [0.15, 0.2) is 0 Å².